The van der Waals surface area contributed by atoms with Crippen LogP contribution in [0.15, 0.2) is 29.2 Å². The Morgan fingerprint density at radius 2 is 1.89 bits per heavy atom. The van der Waals surface area contributed by atoms with Crippen LogP contribution in [0.2, 0.25) is 0 Å². The highest BCUT2D eigenvalue weighted by Gasteiger charge is 2.20. The van der Waals surface area contributed by atoms with Gasteiger partial charge >= 0.3 is 0 Å². The molecule has 1 fully saturated rings. The molecule has 7 heteroatoms. The van der Waals surface area contributed by atoms with Crippen molar-refractivity contribution in [2.75, 3.05) is 32.6 Å². The van der Waals surface area contributed by atoms with Gasteiger partial charge in [0.15, 0.2) is 5.82 Å². The predicted molar refractivity (Wildman–Crippen MR) is 110 cm³/mol. The smallest absolute Gasteiger partial charge is 0.231 e. The number of aromatic nitrogens is 2. The molecule has 5 nitrogen and oxygen atoms in total. The largest absolute Gasteiger partial charge is 0.438 e. The van der Waals surface area contributed by atoms with E-state index in [1.165, 1.54) is 20.2 Å². The quantitative estimate of drug-likeness (QED) is 0.664. The highest BCUT2D eigenvalue weighted by atomic mass is 32.2. The summed E-state index contributed by atoms with van der Waals surface area (Å²) in [5, 5.41) is 1.03. The van der Waals surface area contributed by atoms with Crippen molar-refractivity contribution in [1.29, 1.82) is 0 Å². The molecule has 4 rings (SSSR count). The maximum Gasteiger partial charge on any atom is 0.231 e. The van der Waals surface area contributed by atoms with Crippen LogP contribution in [0.25, 0.3) is 10.2 Å². The van der Waals surface area contributed by atoms with E-state index >= 15 is 0 Å². The number of rotatable bonds is 5. The number of nitrogens with zero attached hydrogens (tertiary/aromatic N) is 2. The van der Waals surface area contributed by atoms with E-state index < -0.39 is 0 Å². The van der Waals surface area contributed by atoms with Crippen molar-refractivity contribution in [2.45, 2.75) is 25.3 Å². The van der Waals surface area contributed by atoms with E-state index in [2.05, 4.69) is 32.2 Å². The summed E-state index contributed by atoms with van der Waals surface area (Å²) in [6.07, 6.45) is 2.07. The fraction of sp³-hybridized carbons (Fsp3) is 0.400. The van der Waals surface area contributed by atoms with Crippen molar-refractivity contribution in [1.82, 2.24) is 9.97 Å². The van der Waals surface area contributed by atoms with Crippen molar-refractivity contribution < 1.29 is 14.4 Å². The van der Waals surface area contributed by atoms with Crippen LogP contribution in [0.4, 0.5) is 0 Å². The lowest BCUT2D eigenvalue weighted by Gasteiger charge is -2.23. The first-order valence-electron chi connectivity index (χ1n) is 9.14. The second-order valence-electron chi connectivity index (χ2n) is 6.73. The van der Waals surface area contributed by atoms with Gasteiger partial charge in [0, 0.05) is 9.77 Å². The van der Waals surface area contributed by atoms with Crippen LogP contribution in [0, 0.1) is 13.8 Å². The number of hydrogen-bond acceptors (Lipinski definition) is 6. The van der Waals surface area contributed by atoms with E-state index in [4.69, 9.17) is 19.4 Å². The molecule has 0 saturated carbocycles. The summed E-state index contributed by atoms with van der Waals surface area (Å²) in [5.41, 5.74) is 1.20. The maximum absolute atomic E-state index is 6.23. The zero-order valence-electron chi connectivity index (χ0n) is 15.9. The van der Waals surface area contributed by atoms with Gasteiger partial charge in [-0.3, -0.25) is 0 Å². The van der Waals surface area contributed by atoms with Crippen LogP contribution >= 0.6 is 23.1 Å². The third kappa shape index (κ3) is 4.11. The maximum atomic E-state index is 6.23. The molecule has 1 aromatic carbocycles. The van der Waals surface area contributed by atoms with E-state index in [0.29, 0.717) is 5.88 Å². The van der Waals surface area contributed by atoms with Crippen LogP contribution in [-0.4, -0.2) is 42.5 Å². The van der Waals surface area contributed by atoms with Gasteiger partial charge in [-0.15, -0.1) is 23.1 Å². The summed E-state index contributed by atoms with van der Waals surface area (Å²) in [5.74, 6) is 2.32. The molecule has 1 aliphatic heterocycles. The second-order valence-corrected chi connectivity index (χ2v) is 8.81. The molecule has 0 unspecified atom stereocenters. The monoisotopic (exact) mass is 402 g/mol. The second kappa shape index (κ2) is 8.14. The van der Waals surface area contributed by atoms with E-state index in [1.54, 1.807) is 23.1 Å². The van der Waals surface area contributed by atoms with Gasteiger partial charge in [-0.2, -0.15) is 4.98 Å². The summed E-state index contributed by atoms with van der Waals surface area (Å²) in [7, 11) is 0. The molecule has 0 atom stereocenters. The molecule has 1 N–H and O–H groups in total. The van der Waals surface area contributed by atoms with Crippen molar-refractivity contribution >= 4 is 33.3 Å². The van der Waals surface area contributed by atoms with Crippen molar-refractivity contribution in [3.8, 4) is 11.6 Å². The molecule has 3 aromatic rings. The van der Waals surface area contributed by atoms with Gasteiger partial charge in [-0.1, -0.05) is 0 Å². The zero-order chi connectivity index (χ0) is 18.8. The summed E-state index contributed by atoms with van der Waals surface area (Å²) in [6, 6.07) is 8.15. The molecular weight excluding hydrogens is 378 g/mol. The van der Waals surface area contributed by atoms with Gasteiger partial charge in [-0.25, -0.2) is 4.98 Å². The van der Waals surface area contributed by atoms with E-state index in [0.717, 1.165) is 54.6 Å². The normalized spacial score (nSPS) is 15.4. The molecule has 27 heavy (non-hydrogen) atoms. The summed E-state index contributed by atoms with van der Waals surface area (Å²) in [6.45, 7) is 8.66. The highest BCUT2D eigenvalue weighted by molar-refractivity contribution is 7.98. The number of aryl methyl sites for hydroxylation is 2. The Morgan fingerprint density at radius 1 is 1.15 bits per heavy atom. The minimum atomic E-state index is 0.668. The Hall–Kier alpha value is -1.67. The molecule has 0 bridgehead atoms. The highest BCUT2D eigenvalue weighted by Crippen LogP contribution is 2.36. The zero-order valence-corrected chi connectivity index (χ0v) is 17.5. The SMILES string of the molecule is CSc1ccc(Oc2nc(C[NH+]3CCOCC3)nc3sc(C)c(C)c23)cc1. The number of thioether (sulfide) groups is 1. The number of benzene rings is 1. The fourth-order valence-electron chi connectivity index (χ4n) is 3.22. The Bertz CT molecular complexity index is 935. The third-order valence-electron chi connectivity index (χ3n) is 4.92. The summed E-state index contributed by atoms with van der Waals surface area (Å²) < 4.78 is 11.7. The van der Waals surface area contributed by atoms with Gasteiger partial charge in [0.25, 0.3) is 0 Å². The average molecular weight is 403 g/mol. The number of fused-ring (bicyclic) bond motifs is 1. The third-order valence-corrected chi connectivity index (χ3v) is 6.77. The number of morpholine rings is 1. The Kier molecular flexibility index (Phi) is 5.63. The van der Waals surface area contributed by atoms with Gasteiger partial charge in [0.1, 0.15) is 30.2 Å². The van der Waals surface area contributed by atoms with Crippen molar-refractivity contribution in [3.05, 3.63) is 40.5 Å². The number of thiophene rings is 1. The van der Waals surface area contributed by atoms with Gasteiger partial charge in [0.2, 0.25) is 5.88 Å². The first-order chi connectivity index (χ1) is 13.1. The minimum Gasteiger partial charge on any atom is -0.438 e. The molecule has 0 spiro atoms. The Labute approximate surface area is 167 Å². The molecule has 1 saturated heterocycles. The van der Waals surface area contributed by atoms with Gasteiger partial charge in [0.05, 0.1) is 18.6 Å². The van der Waals surface area contributed by atoms with E-state index in [1.807, 2.05) is 12.1 Å². The minimum absolute atomic E-state index is 0.668. The average Bonchev–Trinajstić information content (AvgIpc) is 2.97. The number of hydrogen-bond donors (Lipinski definition) is 1. The molecule has 2 aromatic heterocycles. The standard InChI is InChI=1S/C20H23N3O2S2/c1-13-14(2)27-20-18(13)19(25-15-4-6-16(26-3)7-5-15)21-17(22-20)12-23-8-10-24-11-9-23/h4-7H,8-12H2,1-3H3/p+1. The predicted octanol–water partition coefficient (Wildman–Crippen LogP) is 3.24. The summed E-state index contributed by atoms with van der Waals surface area (Å²) >= 11 is 3.44. The van der Waals surface area contributed by atoms with Crippen molar-refractivity contribution in [2.24, 2.45) is 0 Å². The molecule has 1 aliphatic rings. The van der Waals surface area contributed by atoms with Crippen LogP contribution in [0.1, 0.15) is 16.3 Å². The topological polar surface area (TPSA) is 48.7 Å². The lowest BCUT2D eigenvalue weighted by molar-refractivity contribution is -0.922. The first-order valence-corrected chi connectivity index (χ1v) is 11.2. The lowest BCUT2D eigenvalue weighted by Crippen LogP contribution is -3.12. The van der Waals surface area contributed by atoms with E-state index in [-0.39, 0.29) is 0 Å². The molecule has 142 valence electrons. The van der Waals surface area contributed by atoms with Crippen LogP contribution in [-0.2, 0) is 11.3 Å². The number of ether oxygens (including phenoxy) is 2. The van der Waals surface area contributed by atoms with Crippen LogP contribution in [0.5, 0.6) is 11.6 Å². The van der Waals surface area contributed by atoms with Crippen LogP contribution in [0.3, 0.4) is 0 Å². The molecule has 0 radical (unpaired) electrons. The van der Waals surface area contributed by atoms with Gasteiger partial charge in [-0.05, 0) is 49.9 Å². The van der Waals surface area contributed by atoms with Crippen LogP contribution < -0.4 is 9.64 Å². The molecule has 0 aliphatic carbocycles. The Morgan fingerprint density at radius 3 is 2.59 bits per heavy atom. The number of nitrogens with one attached hydrogen (secondary N) is 1. The van der Waals surface area contributed by atoms with E-state index in [9.17, 15) is 0 Å². The first kappa shape index (κ1) is 18.7. The summed E-state index contributed by atoms with van der Waals surface area (Å²) in [4.78, 5) is 14.6. The van der Waals surface area contributed by atoms with Crippen molar-refractivity contribution in [3.63, 3.8) is 0 Å². The molecule has 3 heterocycles. The molecule has 0 amide bonds. The Balaban J connectivity index is 1.69. The lowest BCUT2D eigenvalue weighted by atomic mass is 10.2. The fourth-order valence-corrected chi connectivity index (χ4v) is 4.67. The molecular formula is C20H24N3O2S2+. The number of quaternary nitrogens is 1. The van der Waals surface area contributed by atoms with Gasteiger partial charge < -0.3 is 14.4 Å².